The summed E-state index contributed by atoms with van der Waals surface area (Å²) in [5.74, 6) is 0.0300. The van der Waals surface area contributed by atoms with Crippen molar-refractivity contribution in [3.05, 3.63) is 29.8 Å². The molecule has 0 atom stereocenters. The number of nitrogens with zero attached hydrogens (tertiary/aromatic N) is 1. The van der Waals surface area contributed by atoms with E-state index in [0.717, 1.165) is 44.2 Å². The molecule has 0 bridgehead atoms. The Morgan fingerprint density at radius 3 is 2.31 bits per heavy atom. The van der Waals surface area contributed by atoms with Crippen molar-refractivity contribution in [3.63, 3.8) is 0 Å². The maximum absolute atomic E-state index is 12.7. The number of amides is 1. The van der Waals surface area contributed by atoms with Crippen LogP contribution in [-0.4, -0.2) is 51.9 Å². The Morgan fingerprint density at radius 2 is 1.69 bits per heavy atom. The first-order chi connectivity index (χ1) is 12.5. The van der Waals surface area contributed by atoms with Gasteiger partial charge in [0, 0.05) is 26.1 Å². The fraction of sp³-hybridized carbons (Fsp3) is 0.632. The van der Waals surface area contributed by atoms with Crippen molar-refractivity contribution in [2.75, 3.05) is 33.2 Å². The van der Waals surface area contributed by atoms with Gasteiger partial charge in [0.05, 0.1) is 4.90 Å². The Bertz CT molecular complexity index is 651. The smallest absolute Gasteiger partial charge is 0.243 e. The van der Waals surface area contributed by atoms with Crippen molar-refractivity contribution in [1.29, 1.82) is 0 Å². The first-order valence-electron chi connectivity index (χ1n) is 9.54. The first-order valence-corrected chi connectivity index (χ1v) is 11.0. The van der Waals surface area contributed by atoms with Crippen LogP contribution in [0.1, 0.15) is 44.1 Å². The van der Waals surface area contributed by atoms with Crippen LogP contribution in [-0.2, 0) is 21.2 Å². The number of aryl methyl sites for hydroxylation is 1. The van der Waals surface area contributed by atoms with Crippen LogP contribution in [0.5, 0.6) is 0 Å². The molecule has 7 heteroatoms. The van der Waals surface area contributed by atoms with Crippen LogP contribution < -0.4 is 10.6 Å². The predicted molar refractivity (Wildman–Crippen MR) is 104 cm³/mol. The van der Waals surface area contributed by atoms with E-state index in [1.54, 1.807) is 16.4 Å². The first kappa shape index (κ1) is 20.9. The van der Waals surface area contributed by atoms with E-state index >= 15 is 0 Å². The molecule has 1 amide bonds. The van der Waals surface area contributed by atoms with Gasteiger partial charge in [-0.2, -0.15) is 4.31 Å². The Balaban J connectivity index is 1.86. The summed E-state index contributed by atoms with van der Waals surface area (Å²) in [7, 11) is -1.52. The lowest BCUT2D eigenvalue weighted by Crippen LogP contribution is -2.31. The van der Waals surface area contributed by atoms with Gasteiger partial charge >= 0.3 is 0 Å². The average molecular weight is 382 g/mol. The SMILES string of the molecule is CNCCCNC(=O)CCc1ccc(S(=O)(=O)N2CCCCCC2)cc1. The number of hydrogen-bond acceptors (Lipinski definition) is 4. The molecule has 26 heavy (non-hydrogen) atoms. The molecule has 6 nitrogen and oxygen atoms in total. The zero-order chi connectivity index (χ0) is 18.8. The van der Waals surface area contributed by atoms with Crippen LogP contribution in [0.25, 0.3) is 0 Å². The lowest BCUT2D eigenvalue weighted by Gasteiger charge is -2.20. The molecule has 0 spiro atoms. The van der Waals surface area contributed by atoms with Gasteiger partial charge in [-0.25, -0.2) is 8.42 Å². The number of rotatable bonds is 9. The molecular formula is C19H31N3O3S. The van der Waals surface area contributed by atoms with Crippen LogP contribution in [0.4, 0.5) is 0 Å². The van der Waals surface area contributed by atoms with Crippen LogP contribution in [0.2, 0.25) is 0 Å². The van der Waals surface area contributed by atoms with E-state index in [0.29, 0.717) is 37.4 Å². The van der Waals surface area contributed by atoms with Crippen molar-refractivity contribution in [2.45, 2.75) is 49.8 Å². The van der Waals surface area contributed by atoms with Crippen LogP contribution in [0.15, 0.2) is 29.2 Å². The third-order valence-electron chi connectivity index (χ3n) is 4.69. The van der Waals surface area contributed by atoms with Gasteiger partial charge in [0.2, 0.25) is 15.9 Å². The van der Waals surface area contributed by atoms with Gasteiger partial charge in [-0.1, -0.05) is 25.0 Å². The van der Waals surface area contributed by atoms with Gasteiger partial charge in [-0.3, -0.25) is 4.79 Å². The average Bonchev–Trinajstić information content (AvgIpc) is 2.94. The van der Waals surface area contributed by atoms with E-state index in [9.17, 15) is 13.2 Å². The number of benzene rings is 1. The molecule has 2 N–H and O–H groups in total. The minimum absolute atomic E-state index is 0.0300. The normalized spacial score (nSPS) is 16.2. The molecule has 1 aromatic carbocycles. The highest BCUT2D eigenvalue weighted by Gasteiger charge is 2.24. The van der Waals surface area contributed by atoms with E-state index < -0.39 is 10.0 Å². The summed E-state index contributed by atoms with van der Waals surface area (Å²) in [4.78, 5) is 12.2. The number of hydrogen-bond donors (Lipinski definition) is 2. The molecule has 0 saturated carbocycles. The minimum Gasteiger partial charge on any atom is -0.356 e. The molecule has 0 radical (unpaired) electrons. The third kappa shape index (κ3) is 6.37. The van der Waals surface area contributed by atoms with Crippen molar-refractivity contribution in [2.24, 2.45) is 0 Å². The number of sulfonamides is 1. The van der Waals surface area contributed by atoms with E-state index in [1.807, 2.05) is 19.2 Å². The number of carbonyl (C=O) groups excluding carboxylic acids is 1. The number of nitrogens with one attached hydrogen (secondary N) is 2. The highest BCUT2D eigenvalue weighted by molar-refractivity contribution is 7.89. The summed E-state index contributed by atoms with van der Waals surface area (Å²) in [6.45, 7) is 2.77. The monoisotopic (exact) mass is 381 g/mol. The molecule has 2 rings (SSSR count). The van der Waals surface area contributed by atoms with E-state index in [2.05, 4.69) is 10.6 Å². The summed E-state index contributed by atoms with van der Waals surface area (Å²) in [5, 5.41) is 5.93. The molecule has 0 unspecified atom stereocenters. The molecule has 1 aliphatic heterocycles. The van der Waals surface area contributed by atoms with Gasteiger partial charge in [-0.15, -0.1) is 0 Å². The fourth-order valence-corrected chi connectivity index (χ4v) is 4.62. The predicted octanol–water partition coefficient (Wildman–Crippen LogP) is 1.91. The van der Waals surface area contributed by atoms with Crippen LogP contribution in [0, 0.1) is 0 Å². The second kappa shape index (κ2) is 10.6. The van der Waals surface area contributed by atoms with Crippen molar-refractivity contribution in [3.8, 4) is 0 Å². The zero-order valence-electron chi connectivity index (χ0n) is 15.7. The van der Waals surface area contributed by atoms with E-state index in [4.69, 9.17) is 0 Å². The zero-order valence-corrected chi connectivity index (χ0v) is 16.5. The quantitative estimate of drug-likeness (QED) is 0.641. The summed E-state index contributed by atoms with van der Waals surface area (Å²) in [5.41, 5.74) is 0.977. The molecule has 0 aromatic heterocycles. The standard InChI is InChI=1S/C19H31N3O3S/c1-20-13-6-14-21-19(23)12-9-17-7-10-18(11-8-17)26(24,25)22-15-4-2-3-5-16-22/h7-8,10-11,20H,2-6,9,12-16H2,1H3,(H,21,23). The van der Waals surface area contributed by atoms with Crippen molar-refractivity contribution < 1.29 is 13.2 Å². The lowest BCUT2D eigenvalue weighted by atomic mass is 10.1. The maximum Gasteiger partial charge on any atom is 0.243 e. The molecule has 146 valence electrons. The van der Waals surface area contributed by atoms with Gasteiger partial charge in [-0.05, 0) is 57.0 Å². The summed E-state index contributed by atoms with van der Waals surface area (Å²) in [6, 6.07) is 6.97. The second-order valence-corrected chi connectivity index (χ2v) is 8.71. The second-order valence-electron chi connectivity index (χ2n) is 6.77. The van der Waals surface area contributed by atoms with Gasteiger partial charge in [0.1, 0.15) is 0 Å². The molecular weight excluding hydrogens is 350 g/mol. The van der Waals surface area contributed by atoms with Crippen molar-refractivity contribution >= 4 is 15.9 Å². The molecule has 1 saturated heterocycles. The molecule has 1 aliphatic rings. The topological polar surface area (TPSA) is 78.5 Å². The highest BCUT2D eigenvalue weighted by Crippen LogP contribution is 2.21. The number of carbonyl (C=O) groups is 1. The Hall–Kier alpha value is -1.44. The largest absolute Gasteiger partial charge is 0.356 e. The summed E-state index contributed by atoms with van der Waals surface area (Å²) < 4.78 is 27.1. The van der Waals surface area contributed by atoms with Crippen LogP contribution in [0.3, 0.4) is 0 Å². The molecule has 1 heterocycles. The van der Waals surface area contributed by atoms with Crippen LogP contribution >= 0.6 is 0 Å². The summed E-state index contributed by atoms with van der Waals surface area (Å²) >= 11 is 0. The molecule has 1 fully saturated rings. The Morgan fingerprint density at radius 1 is 1.04 bits per heavy atom. The lowest BCUT2D eigenvalue weighted by molar-refractivity contribution is -0.121. The minimum atomic E-state index is -3.40. The fourth-order valence-electron chi connectivity index (χ4n) is 3.10. The molecule has 0 aliphatic carbocycles. The highest BCUT2D eigenvalue weighted by atomic mass is 32.2. The maximum atomic E-state index is 12.7. The third-order valence-corrected chi connectivity index (χ3v) is 6.61. The van der Waals surface area contributed by atoms with Crippen molar-refractivity contribution in [1.82, 2.24) is 14.9 Å². The summed E-state index contributed by atoms with van der Waals surface area (Å²) in [6.07, 6.45) is 6.00. The Labute approximate surface area is 157 Å². The van der Waals surface area contributed by atoms with Gasteiger partial charge in [0.15, 0.2) is 0 Å². The van der Waals surface area contributed by atoms with Gasteiger partial charge in [0.25, 0.3) is 0 Å². The molecule has 1 aromatic rings. The van der Waals surface area contributed by atoms with E-state index in [1.165, 1.54) is 0 Å². The van der Waals surface area contributed by atoms with E-state index in [-0.39, 0.29) is 5.91 Å². The Kier molecular flexibility index (Phi) is 8.54. The van der Waals surface area contributed by atoms with Gasteiger partial charge < -0.3 is 10.6 Å².